The van der Waals surface area contributed by atoms with E-state index in [0.717, 1.165) is 22.4 Å². The number of hydrogen-bond donors (Lipinski definition) is 2. The molecule has 1 fully saturated rings. The third kappa shape index (κ3) is 4.19. The lowest BCUT2D eigenvalue weighted by molar-refractivity contribution is -0.138. The van der Waals surface area contributed by atoms with Crippen molar-refractivity contribution in [3.63, 3.8) is 0 Å². The molecule has 0 radical (unpaired) electrons. The van der Waals surface area contributed by atoms with Crippen LogP contribution in [0.25, 0.3) is 17.0 Å². The van der Waals surface area contributed by atoms with Gasteiger partial charge in [-0.1, -0.05) is 32.0 Å². The summed E-state index contributed by atoms with van der Waals surface area (Å²) in [4.78, 5) is 34.3. The van der Waals surface area contributed by atoms with Crippen molar-refractivity contribution in [1.29, 1.82) is 0 Å². The Kier molecular flexibility index (Phi) is 5.53. The van der Waals surface area contributed by atoms with Crippen LogP contribution in [0.15, 0.2) is 36.4 Å². The van der Waals surface area contributed by atoms with Gasteiger partial charge < -0.3 is 15.7 Å². The van der Waals surface area contributed by atoms with E-state index < -0.39 is 11.5 Å². The van der Waals surface area contributed by atoms with Gasteiger partial charge in [0.25, 0.3) is 11.8 Å². The first-order valence-electron chi connectivity index (χ1n) is 9.58. The summed E-state index contributed by atoms with van der Waals surface area (Å²) in [6.07, 6.45) is 1.97. The normalized spacial score (nSPS) is 19.9. The SMILES string of the molecule is CC(=CC1(O)CCN(C)C1=O)c1cccc(-c2nc(C(N)=O)cc(C(C)C)n2)c1. The Hall–Kier alpha value is -3.06. The predicted octanol–water partition coefficient (Wildman–Crippen LogP) is 2.36. The van der Waals surface area contributed by atoms with Gasteiger partial charge in [0.1, 0.15) is 5.69 Å². The van der Waals surface area contributed by atoms with Gasteiger partial charge in [0.2, 0.25) is 0 Å². The van der Waals surface area contributed by atoms with Gasteiger partial charge in [0, 0.05) is 31.3 Å². The Morgan fingerprint density at radius 2 is 2.03 bits per heavy atom. The summed E-state index contributed by atoms with van der Waals surface area (Å²) >= 11 is 0. The second-order valence-electron chi connectivity index (χ2n) is 7.83. The number of allylic oxidation sites excluding steroid dienone is 1. The number of hydrogen-bond acceptors (Lipinski definition) is 5. The Labute approximate surface area is 170 Å². The van der Waals surface area contributed by atoms with Crippen LogP contribution in [0.4, 0.5) is 0 Å². The van der Waals surface area contributed by atoms with Crippen LogP contribution in [-0.4, -0.2) is 51.0 Å². The van der Waals surface area contributed by atoms with Crippen molar-refractivity contribution in [2.75, 3.05) is 13.6 Å². The van der Waals surface area contributed by atoms with Crippen LogP contribution < -0.4 is 5.73 Å². The minimum absolute atomic E-state index is 0.110. The van der Waals surface area contributed by atoms with Gasteiger partial charge in [0.15, 0.2) is 11.4 Å². The molecule has 0 saturated carbocycles. The van der Waals surface area contributed by atoms with Crippen LogP contribution >= 0.6 is 0 Å². The Bertz CT molecular complexity index is 999. The number of benzene rings is 1. The molecule has 2 heterocycles. The number of nitrogens with two attached hydrogens (primary N) is 1. The third-order valence-electron chi connectivity index (χ3n) is 5.17. The van der Waals surface area contributed by atoms with E-state index in [4.69, 9.17) is 5.73 Å². The molecule has 1 unspecified atom stereocenters. The van der Waals surface area contributed by atoms with Gasteiger partial charge in [-0.05, 0) is 42.2 Å². The monoisotopic (exact) mass is 394 g/mol. The standard InChI is InChI=1S/C22H26N4O3/c1-13(2)17-11-18(19(23)27)25-20(24-17)16-7-5-6-15(10-16)14(3)12-22(29)8-9-26(4)21(22)28/h5-7,10-13,29H,8-9H2,1-4H3,(H2,23,27). The second-order valence-corrected chi connectivity index (χ2v) is 7.83. The summed E-state index contributed by atoms with van der Waals surface area (Å²) in [6, 6.07) is 9.09. The molecule has 7 heteroatoms. The number of likely N-dealkylation sites (tertiary alicyclic amines) is 1. The highest BCUT2D eigenvalue weighted by molar-refractivity contribution is 5.92. The average molecular weight is 394 g/mol. The summed E-state index contributed by atoms with van der Waals surface area (Å²) in [7, 11) is 1.68. The average Bonchev–Trinajstić information content (AvgIpc) is 2.95. The molecule has 29 heavy (non-hydrogen) atoms. The number of aliphatic hydroxyl groups is 1. The summed E-state index contributed by atoms with van der Waals surface area (Å²) in [6.45, 7) is 6.33. The number of aromatic nitrogens is 2. The largest absolute Gasteiger partial charge is 0.376 e. The van der Waals surface area contributed by atoms with E-state index in [1.54, 1.807) is 19.2 Å². The molecule has 152 valence electrons. The molecule has 3 N–H and O–H groups in total. The van der Waals surface area contributed by atoms with Gasteiger partial charge in [-0.25, -0.2) is 9.97 Å². The van der Waals surface area contributed by atoms with Gasteiger partial charge in [-0.2, -0.15) is 0 Å². The summed E-state index contributed by atoms with van der Waals surface area (Å²) in [5.41, 5.74) is 7.18. The topological polar surface area (TPSA) is 109 Å². The number of carbonyl (C=O) groups excluding carboxylic acids is 2. The fourth-order valence-electron chi connectivity index (χ4n) is 3.37. The highest BCUT2D eigenvalue weighted by Crippen LogP contribution is 2.29. The minimum atomic E-state index is -1.48. The van der Waals surface area contributed by atoms with E-state index in [1.165, 1.54) is 4.90 Å². The molecule has 1 aliphatic heterocycles. The zero-order chi connectivity index (χ0) is 21.3. The highest BCUT2D eigenvalue weighted by Gasteiger charge is 2.41. The molecule has 2 aromatic rings. The van der Waals surface area contributed by atoms with Crippen LogP contribution in [0.1, 0.15) is 54.9 Å². The molecule has 0 bridgehead atoms. The Morgan fingerprint density at radius 3 is 2.62 bits per heavy atom. The quantitative estimate of drug-likeness (QED) is 0.809. The van der Waals surface area contributed by atoms with Crippen molar-refractivity contribution in [3.05, 3.63) is 53.4 Å². The van der Waals surface area contributed by atoms with Crippen molar-refractivity contribution in [1.82, 2.24) is 14.9 Å². The molecule has 0 spiro atoms. The van der Waals surface area contributed by atoms with Gasteiger partial charge in [-0.3, -0.25) is 9.59 Å². The fraction of sp³-hybridized carbons (Fsp3) is 0.364. The molecule has 1 aromatic carbocycles. The molecule has 1 atom stereocenters. The van der Waals surface area contributed by atoms with E-state index in [2.05, 4.69) is 9.97 Å². The predicted molar refractivity (Wildman–Crippen MR) is 111 cm³/mol. The lowest BCUT2D eigenvalue weighted by Crippen LogP contribution is -2.36. The molecular weight excluding hydrogens is 368 g/mol. The van der Waals surface area contributed by atoms with E-state index in [9.17, 15) is 14.7 Å². The van der Waals surface area contributed by atoms with E-state index in [-0.39, 0.29) is 17.5 Å². The van der Waals surface area contributed by atoms with Gasteiger partial charge >= 0.3 is 0 Å². The third-order valence-corrected chi connectivity index (χ3v) is 5.17. The summed E-state index contributed by atoms with van der Waals surface area (Å²) in [5.74, 6) is -0.379. The zero-order valence-electron chi connectivity index (χ0n) is 17.1. The summed E-state index contributed by atoms with van der Waals surface area (Å²) in [5, 5.41) is 10.7. The van der Waals surface area contributed by atoms with Crippen LogP contribution in [0.5, 0.6) is 0 Å². The molecule has 7 nitrogen and oxygen atoms in total. The molecule has 0 aliphatic carbocycles. The number of likely N-dealkylation sites (N-methyl/N-ethyl adjacent to an activating group) is 1. The first kappa shape index (κ1) is 20.7. The van der Waals surface area contributed by atoms with Crippen molar-refractivity contribution >= 4 is 17.4 Å². The molecule has 1 saturated heterocycles. The van der Waals surface area contributed by atoms with Crippen LogP contribution in [0.3, 0.4) is 0 Å². The van der Waals surface area contributed by atoms with Gasteiger partial charge in [0.05, 0.1) is 0 Å². The number of primary amides is 1. The van der Waals surface area contributed by atoms with Crippen LogP contribution in [-0.2, 0) is 4.79 Å². The van der Waals surface area contributed by atoms with E-state index in [1.807, 2.05) is 45.0 Å². The second kappa shape index (κ2) is 7.75. The number of rotatable bonds is 5. The molecular formula is C22H26N4O3. The first-order chi connectivity index (χ1) is 13.6. The lowest BCUT2D eigenvalue weighted by Gasteiger charge is -2.18. The van der Waals surface area contributed by atoms with Crippen molar-refractivity contribution in [2.45, 2.75) is 38.7 Å². The minimum Gasteiger partial charge on any atom is -0.376 e. The first-order valence-corrected chi connectivity index (χ1v) is 9.58. The maximum atomic E-state index is 12.3. The molecule has 2 amide bonds. The van der Waals surface area contributed by atoms with E-state index in [0.29, 0.717) is 18.8 Å². The van der Waals surface area contributed by atoms with Crippen LogP contribution in [0, 0.1) is 0 Å². The summed E-state index contributed by atoms with van der Waals surface area (Å²) < 4.78 is 0. The molecule has 1 aromatic heterocycles. The number of nitrogens with zero attached hydrogens (tertiary/aromatic N) is 3. The van der Waals surface area contributed by atoms with Crippen LogP contribution in [0.2, 0.25) is 0 Å². The number of carbonyl (C=O) groups is 2. The Morgan fingerprint density at radius 1 is 1.31 bits per heavy atom. The molecule has 1 aliphatic rings. The smallest absolute Gasteiger partial charge is 0.267 e. The van der Waals surface area contributed by atoms with Crippen molar-refractivity contribution < 1.29 is 14.7 Å². The maximum Gasteiger partial charge on any atom is 0.267 e. The van der Waals surface area contributed by atoms with Crippen molar-refractivity contribution in [2.24, 2.45) is 5.73 Å². The van der Waals surface area contributed by atoms with Crippen molar-refractivity contribution in [3.8, 4) is 11.4 Å². The number of amides is 2. The van der Waals surface area contributed by atoms with E-state index >= 15 is 0 Å². The van der Waals surface area contributed by atoms with Gasteiger partial charge in [-0.15, -0.1) is 0 Å². The molecule has 3 rings (SSSR count). The highest BCUT2D eigenvalue weighted by atomic mass is 16.3. The zero-order valence-corrected chi connectivity index (χ0v) is 17.1. The maximum absolute atomic E-state index is 12.3. The fourth-order valence-corrected chi connectivity index (χ4v) is 3.37. The Balaban J connectivity index is 2.01. The lowest BCUT2D eigenvalue weighted by atomic mass is 9.95.